The maximum absolute atomic E-state index is 6.73. The van der Waals surface area contributed by atoms with Crippen molar-refractivity contribution in [3.63, 3.8) is 0 Å². The first-order chi connectivity index (χ1) is 10.4. The molecule has 4 nitrogen and oxygen atoms in total. The molecule has 0 aliphatic rings. The first-order valence-corrected chi connectivity index (χ1v) is 8.47. The predicted octanol–water partition coefficient (Wildman–Crippen LogP) is 4.84. The van der Waals surface area contributed by atoms with Crippen LogP contribution in [0.25, 0.3) is 10.8 Å². The van der Waals surface area contributed by atoms with Crippen LogP contribution in [-0.2, 0) is 0 Å². The molecule has 1 atom stereocenters. The third-order valence-corrected chi connectivity index (χ3v) is 5.11. The lowest BCUT2D eigenvalue weighted by atomic mass is 9.91. The summed E-state index contributed by atoms with van der Waals surface area (Å²) in [6.45, 7) is 10.9. The van der Waals surface area contributed by atoms with Gasteiger partial charge in [-0.3, -0.25) is 15.1 Å². The van der Waals surface area contributed by atoms with Gasteiger partial charge in [-0.05, 0) is 77.2 Å². The van der Waals surface area contributed by atoms with Crippen LogP contribution in [0.5, 0.6) is 0 Å². The van der Waals surface area contributed by atoms with Crippen molar-refractivity contribution in [3.05, 3.63) is 40.2 Å². The Labute approximate surface area is 136 Å². The molecule has 0 spiro atoms. The van der Waals surface area contributed by atoms with Gasteiger partial charge in [0.1, 0.15) is 0 Å². The molecule has 22 heavy (non-hydrogen) atoms. The summed E-state index contributed by atoms with van der Waals surface area (Å²) in [4.78, 5) is 8.00. The quantitative estimate of drug-likeness (QED) is 0.445. The van der Waals surface area contributed by atoms with Crippen LogP contribution in [0.1, 0.15) is 27.8 Å². The third-order valence-electron chi connectivity index (χ3n) is 4.05. The summed E-state index contributed by atoms with van der Waals surface area (Å²) in [6, 6.07) is 0. The third kappa shape index (κ3) is 3.88. The highest BCUT2D eigenvalue weighted by atomic mass is 31.1. The van der Waals surface area contributed by atoms with Gasteiger partial charge in [-0.1, -0.05) is 0 Å². The van der Waals surface area contributed by atoms with Gasteiger partial charge in [0.15, 0.2) is 5.58 Å². The van der Waals surface area contributed by atoms with Crippen LogP contribution in [-0.4, -0.2) is 17.6 Å². The van der Waals surface area contributed by atoms with Crippen molar-refractivity contribution in [1.29, 1.82) is 5.16 Å². The second-order valence-electron chi connectivity index (χ2n) is 5.18. The molecule has 0 fully saturated rings. The minimum absolute atomic E-state index is 0.427. The van der Waals surface area contributed by atoms with Crippen molar-refractivity contribution in [2.24, 2.45) is 4.99 Å². The van der Waals surface area contributed by atoms with E-state index in [1.54, 1.807) is 7.05 Å². The molecule has 0 saturated carbocycles. The highest BCUT2D eigenvalue weighted by molar-refractivity contribution is 7.49. The zero-order valence-corrected chi connectivity index (χ0v) is 16.1. The molecule has 1 aromatic heterocycles. The summed E-state index contributed by atoms with van der Waals surface area (Å²) in [5.74, 6) is 0. The molecule has 1 unspecified atom stereocenters. The number of hydrogen-bond acceptors (Lipinski definition) is 3. The molecule has 0 radical (unpaired) electrons. The zero-order chi connectivity index (χ0) is 16.9. The Hall–Kier alpha value is -1.37. The van der Waals surface area contributed by atoms with E-state index in [2.05, 4.69) is 59.1 Å². The van der Waals surface area contributed by atoms with E-state index in [1.165, 1.54) is 38.6 Å². The molecule has 1 heterocycles. The van der Waals surface area contributed by atoms with E-state index in [9.17, 15) is 0 Å². The smallest absolute Gasteiger partial charge is 0.170 e. The van der Waals surface area contributed by atoms with Gasteiger partial charge in [0.05, 0.1) is 8.37 Å². The number of fused-ring (bicyclic) bond motifs is 1. The van der Waals surface area contributed by atoms with Crippen molar-refractivity contribution in [1.82, 2.24) is 10.1 Å². The summed E-state index contributed by atoms with van der Waals surface area (Å²) < 4.78 is 0. The van der Waals surface area contributed by atoms with E-state index in [0.717, 1.165) is 0 Å². The Kier molecular flexibility index (Phi) is 7.06. The van der Waals surface area contributed by atoms with Gasteiger partial charge < -0.3 is 5.09 Å². The van der Waals surface area contributed by atoms with Crippen molar-refractivity contribution in [2.75, 3.05) is 7.05 Å². The molecule has 2 aromatic rings. The van der Waals surface area contributed by atoms with E-state index < -0.39 is 0 Å². The molecule has 118 valence electrons. The number of pyridine rings is 1. The molecular weight excluding hydrogens is 310 g/mol. The predicted molar refractivity (Wildman–Crippen MR) is 101 cm³/mol. The Balaban J connectivity index is 0.000000295. The lowest BCUT2D eigenvalue weighted by molar-refractivity contribution is 1.22. The van der Waals surface area contributed by atoms with E-state index in [-0.39, 0.29) is 0 Å². The normalized spacial score (nSPS) is 11.3. The summed E-state index contributed by atoms with van der Waals surface area (Å²) in [7, 11) is 4.35. The fourth-order valence-electron chi connectivity index (χ4n) is 2.45. The van der Waals surface area contributed by atoms with Gasteiger partial charge in [-0.25, -0.2) is 0 Å². The van der Waals surface area contributed by atoms with E-state index in [4.69, 9.17) is 5.16 Å². The van der Waals surface area contributed by atoms with Crippen LogP contribution < -0.4 is 5.09 Å². The van der Waals surface area contributed by atoms with Crippen molar-refractivity contribution < 1.29 is 0 Å². The Bertz CT molecular complexity index is 724. The van der Waals surface area contributed by atoms with Crippen LogP contribution >= 0.6 is 17.8 Å². The first kappa shape index (κ1) is 18.7. The monoisotopic (exact) mass is 334 g/mol. The van der Waals surface area contributed by atoms with Crippen LogP contribution in [0.4, 0.5) is 0 Å². The first-order valence-electron chi connectivity index (χ1n) is 7.00. The number of aryl methyl sites for hydroxylation is 3. The number of nitrogens with zero attached hydrogens (tertiary/aromatic N) is 2. The minimum atomic E-state index is 0.427. The number of nitrogens with one attached hydrogen (secondary N) is 2. The number of hydrogen-bond donors (Lipinski definition) is 2. The largest absolute Gasteiger partial charge is 0.350 e. The Morgan fingerprint density at radius 2 is 1.68 bits per heavy atom. The lowest BCUT2D eigenvalue weighted by Crippen LogP contribution is -2.01. The second-order valence-corrected chi connectivity index (χ2v) is 6.12. The number of aliphatic imine (C=N–C) groups is 1. The average molecular weight is 334 g/mol. The summed E-state index contributed by atoms with van der Waals surface area (Å²) in [5, 5.41) is 12.1. The number of rotatable bonds is 1. The standard InChI is InChI=1S/C14H17N.C2H7N3P2/c1-8-6-15-7-13-11(4)9(2)10(3)12(5)14(8)13;1-4-2(5-6)7-3/h6-7H,1-5H3;3H,6H2,1H3,(H,4,5). The molecular formula is C16H24N4P2. The van der Waals surface area contributed by atoms with Crippen molar-refractivity contribution in [3.8, 4) is 0 Å². The fraction of sp³-hybridized carbons (Fsp3) is 0.375. The van der Waals surface area contributed by atoms with Crippen molar-refractivity contribution >= 4 is 34.1 Å². The Morgan fingerprint density at radius 3 is 2.14 bits per heavy atom. The molecule has 0 bridgehead atoms. The van der Waals surface area contributed by atoms with Gasteiger partial charge in [0, 0.05) is 24.8 Å². The minimum Gasteiger partial charge on any atom is -0.350 e. The molecule has 0 aliphatic heterocycles. The topological polar surface area (TPSA) is 61.1 Å². The van der Waals surface area contributed by atoms with Crippen LogP contribution in [0, 0.1) is 39.8 Å². The fourth-order valence-corrected chi connectivity index (χ4v) is 2.93. The molecule has 2 rings (SSSR count). The van der Waals surface area contributed by atoms with Crippen LogP contribution in [0.3, 0.4) is 0 Å². The molecule has 0 saturated heterocycles. The maximum Gasteiger partial charge on any atom is 0.170 e. The van der Waals surface area contributed by atoms with Gasteiger partial charge in [0.25, 0.3) is 0 Å². The molecule has 2 N–H and O–H groups in total. The van der Waals surface area contributed by atoms with Crippen molar-refractivity contribution in [2.45, 2.75) is 34.6 Å². The molecule has 0 amide bonds. The highest BCUT2D eigenvalue weighted by Gasteiger charge is 2.10. The molecule has 0 aliphatic carbocycles. The zero-order valence-electron chi connectivity index (χ0n) is 14.1. The number of benzene rings is 1. The summed E-state index contributed by atoms with van der Waals surface area (Å²) in [5.41, 5.74) is 7.50. The van der Waals surface area contributed by atoms with Gasteiger partial charge in [-0.15, -0.1) is 0 Å². The van der Waals surface area contributed by atoms with Gasteiger partial charge in [0.2, 0.25) is 0 Å². The second kappa shape index (κ2) is 8.31. The van der Waals surface area contributed by atoms with Gasteiger partial charge >= 0.3 is 0 Å². The van der Waals surface area contributed by atoms with E-state index in [1.807, 2.05) is 12.4 Å². The Morgan fingerprint density at radius 1 is 1.09 bits per heavy atom. The molecule has 1 aromatic carbocycles. The summed E-state index contributed by atoms with van der Waals surface area (Å²) >= 11 is 0. The average Bonchev–Trinajstić information content (AvgIpc) is 2.53. The summed E-state index contributed by atoms with van der Waals surface area (Å²) in [6.07, 6.45) is 3.93. The molecule has 6 heteroatoms. The van der Waals surface area contributed by atoms with Crippen LogP contribution in [0.2, 0.25) is 0 Å². The highest BCUT2D eigenvalue weighted by Crippen LogP contribution is 2.30. The van der Waals surface area contributed by atoms with Crippen LogP contribution in [0.15, 0.2) is 17.4 Å². The maximum atomic E-state index is 6.73. The number of aromatic nitrogens is 1. The SMILES string of the molecule is CN=C(NP)P=N.Cc1c(C)c(C)c2c(C)cncc2c1C. The number of amidine groups is 1. The van der Waals surface area contributed by atoms with E-state index >= 15 is 0 Å². The lowest BCUT2D eigenvalue weighted by Gasteiger charge is -2.14. The van der Waals surface area contributed by atoms with Gasteiger partial charge in [-0.2, -0.15) is 0 Å². The van der Waals surface area contributed by atoms with E-state index in [0.29, 0.717) is 13.9 Å².